The van der Waals surface area contributed by atoms with Gasteiger partial charge in [-0.25, -0.2) is 0 Å². The van der Waals surface area contributed by atoms with E-state index in [1.165, 1.54) is 10.3 Å². The predicted octanol–water partition coefficient (Wildman–Crippen LogP) is 4.17. The largest absolute Gasteiger partial charge is 0.384 e. The van der Waals surface area contributed by atoms with Gasteiger partial charge >= 0.3 is 0 Å². The van der Waals surface area contributed by atoms with E-state index in [0.29, 0.717) is 0 Å². The van der Waals surface area contributed by atoms with Crippen molar-refractivity contribution >= 4 is 21.4 Å². The first-order valence-electron chi connectivity index (χ1n) is 7.01. The van der Waals surface area contributed by atoms with Crippen LogP contribution in [0, 0.1) is 0 Å². The lowest BCUT2D eigenvalue weighted by atomic mass is 9.99. The van der Waals surface area contributed by atoms with Crippen molar-refractivity contribution in [3.05, 3.63) is 70.6 Å². The zero-order valence-corrected chi connectivity index (χ0v) is 12.8. The van der Waals surface area contributed by atoms with Crippen LogP contribution in [0.4, 0.5) is 0 Å². The molecule has 1 unspecified atom stereocenters. The third-order valence-electron chi connectivity index (χ3n) is 3.70. The molecule has 1 atom stereocenters. The maximum atomic E-state index is 10.6. The van der Waals surface area contributed by atoms with Crippen LogP contribution in [-0.2, 0) is 11.2 Å². The van der Waals surface area contributed by atoms with Gasteiger partial charge in [0.1, 0.15) is 6.10 Å². The van der Waals surface area contributed by atoms with Crippen molar-refractivity contribution in [2.24, 2.45) is 0 Å². The summed E-state index contributed by atoms with van der Waals surface area (Å²) in [5.41, 5.74) is 3.14. The first-order valence-corrected chi connectivity index (χ1v) is 7.89. The van der Waals surface area contributed by atoms with Crippen molar-refractivity contribution in [1.29, 1.82) is 0 Å². The van der Waals surface area contributed by atoms with Crippen molar-refractivity contribution in [1.82, 2.24) is 0 Å². The summed E-state index contributed by atoms with van der Waals surface area (Å²) in [6, 6.07) is 16.3. The van der Waals surface area contributed by atoms with Crippen LogP contribution in [0.3, 0.4) is 0 Å². The fourth-order valence-corrected chi connectivity index (χ4v) is 3.46. The Morgan fingerprint density at radius 1 is 1.10 bits per heavy atom. The monoisotopic (exact) mass is 298 g/mol. The fourth-order valence-electron chi connectivity index (χ4n) is 2.48. The van der Waals surface area contributed by atoms with Gasteiger partial charge in [0, 0.05) is 17.4 Å². The number of aliphatic hydroxyl groups excluding tert-OH is 1. The van der Waals surface area contributed by atoms with Crippen LogP contribution < -0.4 is 0 Å². The van der Waals surface area contributed by atoms with E-state index < -0.39 is 6.10 Å². The quantitative estimate of drug-likeness (QED) is 0.766. The molecule has 0 radical (unpaired) electrons. The first kappa shape index (κ1) is 14.3. The van der Waals surface area contributed by atoms with Crippen molar-refractivity contribution in [3.8, 4) is 0 Å². The Balaban J connectivity index is 1.86. The summed E-state index contributed by atoms with van der Waals surface area (Å²) in [7, 11) is 1.71. The smallest absolute Gasteiger partial charge is 0.105 e. The molecule has 21 heavy (non-hydrogen) atoms. The molecule has 0 amide bonds. The van der Waals surface area contributed by atoms with E-state index in [4.69, 9.17) is 4.74 Å². The molecular formula is C18H18O2S. The third-order valence-corrected chi connectivity index (χ3v) is 4.68. The maximum absolute atomic E-state index is 10.6. The molecule has 3 heteroatoms. The highest BCUT2D eigenvalue weighted by Crippen LogP contribution is 2.33. The van der Waals surface area contributed by atoms with Crippen LogP contribution in [0.1, 0.15) is 22.8 Å². The molecule has 0 fully saturated rings. The van der Waals surface area contributed by atoms with Crippen LogP contribution in [-0.4, -0.2) is 18.8 Å². The molecule has 3 aromatic rings. The summed E-state index contributed by atoms with van der Waals surface area (Å²) < 4.78 is 6.29. The number of rotatable bonds is 5. The average Bonchev–Trinajstić information content (AvgIpc) is 2.97. The van der Waals surface area contributed by atoms with Crippen LogP contribution in [0.2, 0.25) is 0 Å². The lowest BCUT2D eigenvalue weighted by Crippen LogP contribution is -2.00. The van der Waals surface area contributed by atoms with Crippen molar-refractivity contribution < 1.29 is 9.84 Å². The standard InChI is InChI=1S/C18H18O2S/c1-20-11-10-13-6-8-14(9-7-13)18(19)16-12-21-17-5-3-2-4-15(16)17/h2-9,12,18-19H,10-11H2,1H3. The number of hydrogen-bond donors (Lipinski definition) is 1. The number of thiophene rings is 1. The molecule has 1 N–H and O–H groups in total. The minimum atomic E-state index is -0.572. The average molecular weight is 298 g/mol. The SMILES string of the molecule is COCCc1ccc(C(O)c2csc3ccccc23)cc1. The lowest BCUT2D eigenvalue weighted by Gasteiger charge is -2.11. The Bertz CT molecular complexity index is 715. The number of aliphatic hydroxyl groups is 1. The second kappa shape index (κ2) is 6.39. The van der Waals surface area contributed by atoms with E-state index >= 15 is 0 Å². The molecule has 108 valence electrons. The van der Waals surface area contributed by atoms with Crippen molar-refractivity contribution in [3.63, 3.8) is 0 Å². The number of benzene rings is 2. The van der Waals surface area contributed by atoms with E-state index in [1.54, 1.807) is 18.4 Å². The third kappa shape index (κ3) is 3.00. The Morgan fingerprint density at radius 3 is 2.62 bits per heavy atom. The number of ether oxygens (including phenoxy) is 1. The highest BCUT2D eigenvalue weighted by molar-refractivity contribution is 7.17. The number of fused-ring (bicyclic) bond motifs is 1. The summed E-state index contributed by atoms with van der Waals surface area (Å²) in [4.78, 5) is 0. The van der Waals surface area contributed by atoms with Crippen LogP contribution in [0.25, 0.3) is 10.1 Å². The molecule has 1 heterocycles. The Labute approximate surface area is 128 Å². The molecule has 0 aliphatic heterocycles. The molecular weight excluding hydrogens is 280 g/mol. The molecule has 0 aliphatic carbocycles. The second-order valence-electron chi connectivity index (χ2n) is 5.07. The number of hydrogen-bond acceptors (Lipinski definition) is 3. The summed E-state index contributed by atoms with van der Waals surface area (Å²) in [6.07, 6.45) is 0.325. The topological polar surface area (TPSA) is 29.5 Å². The molecule has 1 aromatic heterocycles. The molecule has 0 spiro atoms. The number of methoxy groups -OCH3 is 1. The maximum Gasteiger partial charge on any atom is 0.105 e. The summed E-state index contributed by atoms with van der Waals surface area (Å²) in [5.74, 6) is 0. The second-order valence-corrected chi connectivity index (χ2v) is 5.99. The summed E-state index contributed by atoms with van der Waals surface area (Å²) in [6.45, 7) is 0.719. The summed E-state index contributed by atoms with van der Waals surface area (Å²) in [5, 5.41) is 13.8. The highest BCUT2D eigenvalue weighted by atomic mass is 32.1. The van der Waals surface area contributed by atoms with E-state index in [9.17, 15) is 5.11 Å². The summed E-state index contributed by atoms with van der Waals surface area (Å²) >= 11 is 1.67. The van der Waals surface area contributed by atoms with Gasteiger partial charge < -0.3 is 9.84 Å². The van der Waals surface area contributed by atoms with Gasteiger partial charge in [0.15, 0.2) is 0 Å². The van der Waals surface area contributed by atoms with Gasteiger partial charge in [-0.2, -0.15) is 0 Å². The predicted molar refractivity (Wildman–Crippen MR) is 87.9 cm³/mol. The first-order chi connectivity index (χ1) is 10.3. The van der Waals surface area contributed by atoms with Crippen LogP contribution in [0.5, 0.6) is 0 Å². The van der Waals surface area contributed by atoms with Crippen molar-refractivity contribution in [2.75, 3.05) is 13.7 Å². The molecule has 3 rings (SSSR count). The van der Waals surface area contributed by atoms with Crippen LogP contribution >= 0.6 is 11.3 Å². The van der Waals surface area contributed by atoms with Gasteiger partial charge in [0.05, 0.1) is 6.61 Å². The molecule has 0 saturated carbocycles. The minimum absolute atomic E-state index is 0.572. The molecule has 0 aliphatic rings. The van der Waals surface area contributed by atoms with E-state index in [2.05, 4.69) is 24.3 Å². The van der Waals surface area contributed by atoms with Crippen molar-refractivity contribution in [2.45, 2.75) is 12.5 Å². The van der Waals surface area contributed by atoms with E-state index in [1.807, 2.05) is 29.6 Å². The molecule has 2 nitrogen and oxygen atoms in total. The van der Waals surface area contributed by atoms with Gasteiger partial charge in [-0.05, 0) is 34.4 Å². The van der Waals surface area contributed by atoms with E-state index in [0.717, 1.165) is 29.5 Å². The normalized spacial score (nSPS) is 12.7. The Hall–Kier alpha value is -1.68. The van der Waals surface area contributed by atoms with Gasteiger partial charge in [-0.3, -0.25) is 0 Å². The lowest BCUT2D eigenvalue weighted by molar-refractivity contribution is 0.202. The molecule has 0 bridgehead atoms. The van der Waals surface area contributed by atoms with E-state index in [-0.39, 0.29) is 0 Å². The Kier molecular flexibility index (Phi) is 4.34. The van der Waals surface area contributed by atoms with Crippen LogP contribution in [0.15, 0.2) is 53.9 Å². The van der Waals surface area contributed by atoms with Gasteiger partial charge in [0.2, 0.25) is 0 Å². The molecule has 2 aromatic carbocycles. The zero-order chi connectivity index (χ0) is 14.7. The fraction of sp³-hybridized carbons (Fsp3) is 0.222. The zero-order valence-electron chi connectivity index (χ0n) is 12.0. The molecule has 0 saturated heterocycles. The Morgan fingerprint density at radius 2 is 1.86 bits per heavy atom. The minimum Gasteiger partial charge on any atom is -0.384 e. The van der Waals surface area contributed by atoms with Gasteiger partial charge in [0.25, 0.3) is 0 Å². The van der Waals surface area contributed by atoms with Gasteiger partial charge in [-0.15, -0.1) is 11.3 Å². The highest BCUT2D eigenvalue weighted by Gasteiger charge is 2.14. The van der Waals surface area contributed by atoms with Gasteiger partial charge in [-0.1, -0.05) is 42.5 Å².